The molecule has 31 heavy (non-hydrogen) atoms. The molecule has 5 nitrogen and oxygen atoms in total. The highest BCUT2D eigenvalue weighted by molar-refractivity contribution is 7.80. The number of carbonyl (C=O) groups is 1. The number of aryl methyl sites for hydroxylation is 1. The summed E-state index contributed by atoms with van der Waals surface area (Å²) in [7, 11) is 0. The topological polar surface area (TPSA) is 67.2 Å². The van der Waals surface area contributed by atoms with Gasteiger partial charge in [0.25, 0.3) is 5.91 Å². The Kier molecular flexibility index (Phi) is 6.23. The number of thiocarbonyl (C=S) groups is 1. The molecule has 0 saturated carbocycles. The minimum absolute atomic E-state index is 0.179. The number of fused-ring (bicyclic) bond motifs is 1. The maximum absolute atomic E-state index is 12.3. The average molecular weight is 470 g/mol. The zero-order valence-electron chi connectivity index (χ0n) is 16.4. The first-order valence-electron chi connectivity index (χ1n) is 9.40. The highest BCUT2D eigenvalue weighted by Gasteiger charge is 2.11. The second-order valence-electron chi connectivity index (χ2n) is 6.99. The molecule has 0 fully saturated rings. The molecule has 0 aliphatic heterocycles. The minimum atomic E-state index is -0.376. The summed E-state index contributed by atoms with van der Waals surface area (Å²) < 4.78 is 5.81. The number of amides is 1. The number of nitrogens with one attached hydrogen (secondary N) is 2. The van der Waals surface area contributed by atoms with Crippen LogP contribution in [0.25, 0.3) is 11.1 Å². The van der Waals surface area contributed by atoms with Crippen LogP contribution in [0.1, 0.15) is 27.4 Å². The van der Waals surface area contributed by atoms with Gasteiger partial charge in [-0.05, 0) is 72.7 Å². The lowest BCUT2D eigenvalue weighted by Gasteiger charge is -2.10. The van der Waals surface area contributed by atoms with Crippen molar-refractivity contribution in [3.05, 3.63) is 93.3 Å². The van der Waals surface area contributed by atoms with E-state index in [-0.39, 0.29) is 11.0 Å². The summed E-state index contributed by atoms with van der Waals surface area (Å²) in [4.78, 5) is 16.8. The van der Waals surface area contributed by atoms with Crippen molar-refractivity contribution in [1.82, 2.24) is 10.3 Å². The van der Waals surface area contributed by atoms with Gasteiger partial charge in [-0.25, -0.2) is 4.98 Å². The third-order valence-electron chi connectivity index (χ3n) is 4.56. The van der Waals surface area contributed by atoms with Crippen LogP contribution >= 0.6 is 35.4 Å². The fourth-order valence-corrected chi connectivity index (χ4v) is 3.52. The number of benzene rings is 3. The molecule has 0 aliphatic carbocycles. The molecule has 3 aromatic carbocycles. The zero-order chi connectivity index (χ0) is 22.0. The van der Waals surface area contributed by atoms with E-state index in [1.165, 1.54) is 6.07 Å². The Bertz CT molecular complexity index is 1290. The summed E-state index contributed by atoms with van der Waals surface area (Å²) in [6.07, 6.45) is 0.576. The number of hydrogen-bond donors (Lipinski definition) is 2. The lowest BCUT2D eigenvalue weighted by molar-refractivity contribution is 0.0977. The summed E-state index contributed by atoms with van der Waals surface area (Å²) in [5.41, 5.74) is 4.93. The highest BCUT2D eigenvalue weighted by Crippen LogP contribution is 2.23. The maximum atomic E-state index is 12.3. The molecule has 0 unspecified atom stereocenters. The van der Waals surface area contributed by atoms with Crippen molar-refractivity contribution in [2.45, 2.75) is 13.3 Å². The van der Waals surface area contributed by atoms with Crippen LogP contribution in [0, 0.1) is 6.92 Å². The van der Waals surface area contributed by atoms with E-state index in [1.807, 2.05) is 49.4 Å². The van der Waals surface area contributed by atoms with Crippen LogP contribution in [0.3, 0.4) is 0 Å². The van der Waals surface area contributed by atoms with Gasteiger partial charge in [-0.15, -0.1) is 0 Å². The van der Waals surface area contributed by atoms with E-state index in [4.69, 9.17) is 39.8 Å². The molecule has 1 amide bonds. The van der Waals surface area contributed by atoms with Gasteiger partial charge >= 0.3 is 0 Å². The van der Waals surface area contributed by atoms with Gasteiger partial charge in [0.05, 0.1) is 10.0 Å². The number of hydrogen-bond acceptors (Lipinski definition) is 4. The molecule has 0 spiro atoms. The van der Waals surface area contributed by atoms with Crippen molar-refractivity contribution < 1.29 is 9.21 Å². The number of carbonyl (C=O) groups excluding carboxylic acids is 1. The van der Waals surface area contributed by atoms with E-state index in [0.717, 1.165) is 27.9 Å². The standard InChI is InChI=1S/C23H17Cl2N3O2S/c1-13-2-9-20-19(10-13)27-21(30-20)11-14-3-6-16(7-4-14)26-23(31)28-22(29)15-5-8-17(24)18(25)12-15/h2-10,12H,11H2,1H3,(H2,26,28,29,31). The van der Waals surface area contributed by atoms with Gasteiger partial charge in [0.15, 0.2) is 16.6 Å². The summed E-state index contributed by atoms with van der Waals surface area (Å²) in [5, 5.41) is 6.47. The average Bonchev–Trinajstić information content (AvgIpc) is 3.12. The molecule has 1 heterocycles. The van der Waals surface area contributed by atoms with Crippen LogP contribution < -0.4 is 10.6 Å². The predicted molar refractivity (Wildman–Crippen MR) is 128 cm³/mol. The Labute approximate surface area is 194 Å². The summed E-state index contributed by atoms with van der Waals surface area (Å²) in [6, 6.07) is 18.2. The normalized spacial score (nSPS) is 10.8. The van der Waals surface area contributed by atoms with Crippen molar-refractivity contribution >= 4 is 63.2 Å². The molecule has 4 aromatic rings. The van der Waals surface area contributed by atoms with Crippen molar-refractivity contribution in [3.63, 3.8) is 0 Å². The molecule has 0 radical (unpaired) electrons. The number of halogens is 2. The Morgan fingerprint density at radius 1 is 1.03 bits per heavy atom. The van der Waals surface area contributed by atoms with Crippen LogP contribution in [0.5, 0.6) is 0 Å². The molecule has 0 atom stereocenters. The summed E-state index contributed by atoms with van der Waals surface area (Å²) >= 11 is 17.1. The van der Waals surface area contributed by atoms with Crippen LogP contribution in [-0.2, 0) is 6.42 Å². The van der Waals surface area contributed by atoms with Crippen LogP contribution in [0.15, 0.2) is 65.1 Å². The van der Waals surface area contributed by atoms with E-state index in [9.17, 15) is 4.79 Å². The maximum Gasteiger partial charge on any atom is 0.257 e. The fourth-order valence-electron chi connectivity index (χ4n) is 3.02. The van der Waals surface area contributed by atoms with Gasteiger partial charge in [0, 0.05) is 17.7 Å². The van der Waals surface area contributed by atoms with Gasteiger partial charge in [-0.1, -0.05) is 41.4 Å². The van der Waals surface area contributed by atoms with E-state index in [0.29, 0.717) is 27.9 Å². The Hall–Kier alpha value is -2.93. The van der Waals surface area contributed by atoms with Crippen molar-refractivity contribution in [2.75, 3.05) is 5.32 Å². The largest absolute Gasteiger partial charge is 0.440 e. The lowest BCUT2D eigenvalue weighted by atomic mass is 10.1. The molecule has 4 rings (SSSR count). The van der Waals surface area contributed by atoms with Gasteiger partial charge in [0.2, 0.25) is 0 Å². The first-order valence-corrected chi connectivity index (χ1v) is 10.6. The van der Waals surface area contributed by atoms with Crippen LogP contribution in [0.2, 0.25) is 10.0 Å². The first-order chi connectivity index (χ1) is 14.9. The fraction of sp³-hybridized carbons (Fsp3) is 0.0870. The Balaban J connectivity index is 1.36. The molecule has 8 heteroatoms. The highest BCUT2D eigenvalue weighted by atomic mass is 35.5. The lowest BCUT2D eigenvalue weighted by Crippen LogP contribution is -2.34. The van der Waals surface area contributed by atoms with Gasteiger partial charge < -0.3 is 9.73 Å². The molecular weight excluding hydrogens is 453 g/mol. The van der Waals surface area contributed by atoms with Crippen LogP contribution in [0.4, 0.5) is 5.69 Å². The SMILES string of the molecule is Cc1ccc2oc(Cc3ccc(NC(=S)NC(=O)c4ccc(Cl)c(Cl)c4)cc3)nc2c1. The van der Waals surface area contributed by atoms with Gasteiger partial charge in [-0.3, -0.25) is 10.1 Å². The number of anilines is 1. The van der Waals surface area contributed by atoms with Crippen molar-refractivity contribution in [1.29, 1.82) is 0 Å². The van der Waals surface area contributed by atoms with Crippen molar-refractivity contribution in [2.24, 2.45) is 0 Å². The number of nitrogens with zero attached hydrogens (tertiary/aromatic N) is 1. The van der Waals surface area contributed by atoms with E-state index in [1.54, 1.807) is 12.1 Å². The van der Waals surface area contributed by atoms with Crippen molar-refractivity contribution in [3.8, 4) is 0 Å². The van der Waals surface area contributed by atoms with E-state index >= 15 is 0 Å². The monoisotopic (exact) mass is 469 g/mol. The Morgan fingerprint density at radius 2 is 1.81 bits per heavy atom. The molecule has 156 valence electrons. The second kappa shape index (κ2) is 9.06. The third kappa shape index (κ3) is 5.22. The number of oxazole rings is 1. The third-order valence-corrected chi connectivity index (χ3v) is 5.51. The van der Waals surface area contributed by atoms with Crippen LogP contribution in [-0.4, -0.2) is 16.0 Å². The predicted octanol–water partition coefficient (Wildman–Crippen LogP) is 6.16. The molecule has 0 saturated heterocycles. The van der Waals surface area contributed by atoms with Gasteiger partial charge in [0.1, 0.15) is 5.52 Å². The molecule has 1 aromatic heterocycles. The van der Waals surface area contributed by atoms with E-state index < -0.39 is 0 Å². The smallest absolute Gasteiger partial charge is 0.257 e. The molecule has 0 aliphatic rings. The first kappa shape index (κ1) is 21.3. The van der Waals surface area contributed by atoms with Gasteiger partial charge in [-0.2, -0.15) is 0 Å². The Morgan fingerprint density at radius 3 is 2.55 bits per heavy atom. The minimum Gasteiger partial charge on any atom is -0.440 e. The summed E-state index contributed by atoms with van der Waals surface area (Å²) in [5.74, 6) is 0.282. The molecule has 0 bridgehead atoms. The quantitative estimate of drug-likeness (QED) is 0.350. The molecule has 2 N–H and O–H groups in total. The molecular formula is C23H17Cl2N3O2S. The number of rotatable bonds is 4. The number of aromatic nitrogens is 1. The second-order valence-corrected chi connectivity index (χ2v) is 8.21. The summed E-state index contributed by atoms with van der Waals surface area (Å²) in [6.45, 7) is 2.02. The van der Waals surface area contributed by atoms with E-state index in [2.05, 4.69) is 15.6 Å². The zero-order valence-corrected chi connectivity index (χ0v) is 18.7.